The summed E-state index contributed by atoms with van der Waals surface area (Å²) in [5.74, 6) is -0.134. The van der Waals surface area contributed by atoms with Gasteiger partial charge in [0.05, 0.1) is 5.41 Å². The van der Waals surface area contributed by atoms with E-state index in [1.807, 2.05) is 39.8 Å². The van der Waals surface area contributed by atoms with Crippen LogP contribution in [-0.4, -0.2) is 18.1 Å². The maximum atomic E-state index is 12.2. The molecule has 2 N–H and O–H groups in total. The maximum Gasteiger partial charge on any atom is 0.312 e. The Kier molecular flexibility index (Phi) is 7.22. The van der Waals surface area contributed by atoms with Gasteiger partial charge in [-0.25, -0.2) is 0 Å². The molecule has 0 aliphatic rings. The number of carbonyl (C=O) groups excluding carboxylic acids is 1. The van der Waals surface area contributed by atoms with Gasteiger partial charge in [-0.1, -0.05) is 19.4 Å². The number of allylic oxidation sites excluding steroid dienone is 1. The van der Waals surface area contributed by atoms with Crippen LogP contribution in [0.5, 0.6) is 0 Å². The van der Waals surface area contributed by atoms with Gasteiger partial charge in [-0.3, -0.25) is 4.79 Å². The summed E-state index contributed by atoms with van der Waals surface area (Å²) in [7, 11) is 0. The predicted octanol–water partition coefficient (Wildman–Crippen LogP) is 3.43. The SMILES string of the molecule is CCC=CC(C)(C)OC(=O)C(C)(C)CCCCN. The second-order valence-corrected chi connectivity index (χ2v) is 5.93. The van der Waals surface area contributed by atoms with E-state index < -0.39 is 11.0 Å². The zero-order valence-corrected chi connectivity index (χ0v) is 12.6. The van der Waals surface area contributed by atoms with Crippen molar-refractivity contribution in [2.45, 2.75) is 65.9 Å². The maximum absolute atomic E-state index is 12.2. The fourth-order valence-electron chi connectivity index (χ4n) is 1.63. The number of rotatable bonds is 8. The molecule has 0 heterocycles. The zero-order valence-electron chi connectivity index (χ0n) is 12.6. The Morgan fingerprint density at radius 3 is 2.33 bits per heavy atom. The molecule has 0 rings (SSSR count). The average Bonchev–Trinajstić information content (AvgIpc) is 2.26. The quantitative estimate of drug-likeness (QED) is 0.411. The lowest BCUT2D eigenvalue weighted by Crippen LogP contribution is -2.34. The molecule has 0 aliphatic heterocycles. The normalized spacial score (nSPS) is 13.0. The summed E-state index contributed by atoms with van der Waals surface area (Å²) >= 11 is 0. The van der Waals surface area contributed by atoms with E-state index in [2.05, 4.69) is 6.92 Å². The van der Waals surface area contributed by atoms with Gasteiger partial charge in [-0.05, 0) is 59.6 Å². The van der Waals surface area contributed by atoms with Gasteiger partial charge in [0.25, 0.3) is 0 Å². The van der Waals surface area contributed by atoms with E-state index in [-0.39, 0.29) is 5.97 Å². The zero-order chi connectivity index (χ0) is 14.2. The van der Waals surface area contributed by atoms with Crippen LogP contribution in [0, 0.1) is 5.41 Å². The lowest BCUT2D eigenvalue weighted by atomic mass is 9.87. The Hall–Kier alpha value is -0.830. The van der Waals surface area contributed by atoms with E-state index in [9.17, 15) is 4.79 Å². The molecule has 0 aliphatic carbocycles. The van der Waals surface area contributed by atoms with E-state index in [1.165, 1.54) is 0 Å². The highest BCUT2D eigenvalue weighted by molar-refractivity contribution is 5.76. The molecule has 0 spiro atoms. The third-order valence-corrected chi connectivity index (χ3v) is 2.92. The number of hydrogen-bond acceptors (Lipinski definition) is 3. The number of hydrogen-bond donors (Lipinski definition) is 1. The first-order valence-electron chi connectivity index (χ1n) is 6.86. The molecule has 18 heavy (non-hydrogen) atoms. The van der Waals surface area contributed by atoms with Crippen molar-refractivity contribution in [3.05, 3.63) is 12.2 Å². The summed E-state index contributed by atoms with van der Waals surface area (Å²) in [6.07, 6.45) is 7.65. The molecular weight excluding hydrogens is 226 g/mol. The topological polar surface area (TPSA) is 52.3 Å². The minimum atomic E-state index is -0.530. The number of unbranched alkanes of at least 4 members (excludes halogenated alkanes) is 1. The van der Waals surface area contributed by atoms with Gasteiger partial charge in [0.15, 0.2) is 0 Å². The van der Waals surface area contributed by atoms with Gasteiger partial charge in [0.1, 0.15) is 5.60 Å². The summed E-state index contributed by atoms with van der Waals surface area (Å²) in [6.45, 7) is 10.4. The standard InChI is InChI=1S/C15H29NO2/c1-6-7-11-15(4,5)18-13(17)14(2,3)10-8-9-12-16/h7,11H,6,8-10,12,16H2,1-5H3. The van der Waals surface area contributed by atoms with Crippen LogP contribution >= 0.6 is 0 Å². The molecule has 106 valence electrons. The van der Waals surface area contributed by atoms with E-state index in [4.69, 9.17) is 10.5 Å². The molecule has 0 aromatic rings. The highest BCUT2D eigenvalue weighted by Crippen LogP contribution is 2.27. The molecule has 0 unspecified atom stereocenters. The Balaban J connectivity index is 4.40. The number of ether oxygens (including phenoxy) is 1. The van der Waals surface area contributed by atoms with Crippen molar-refractivity contribution in [1.29, 1.82) is 0 Å². The van der Waals surface area contributed by atoms with Crippen LogP contribution < -0.4 is 5.73 Å². The van der Waals surface area contributed by atoms with Crippen molar-refractivity contribution in [3.63, 3.8) is 0 Å². The molecule has 0 amide bonds. The van der Waals surface area contributed by atoms with Crippen LogP contribution in [0.2, 0.25) is 0 Å². The van der Waals surface area contributed by atoms with E-state index >= 15 is 0 Å². The third-order valence-electron chi connectivity index (χ3n) is 2.92. The molecule has 0 atom stereocenters. The molecule has 0 aromatic carbocycles. The smallest absolute Gasteiger partial charge is 0.312 e. The van der Waals surface area contributed by atoms with Crippen LogP contribution in [0.25, 0.3) is 0 Å². The summed E-state index contributed by atoms with van der Waals surface area (Å²) in [6, 6.07) is 0. The Labute approximate surface area is 112 Å². The molecular formula is C15H29NO2. The fraction of sp³-hybridized carbons (Fsp3) is 0.800. The van der Waals surface area contributed by atoms with E-state index in [0.29, 0.717) is 6.54 Å². The van der Waals surface area contributed by atoms with Crippen molar-refractivity contribution in [1.82, 2.24) is 0 Å². The van der Waals surface area contributed by atoms with Crippen LogP contribution in [-0.2, 0) is 9.53 Å². The first-order chi connectivity index (χ1) is 8.25. The van der Waals surface area contributed by atoms with Crippen LogP contribution in [0.4, 0.5) is 0 Å². The van der Waals surface area contributed by atoms with E-state index in [0.717, 1.165) is 25.7 Å². The number of nitrogens with two attached hydrogens (primary N) is 1. The summed E-state index contributed by atoms with van der Waals surface area (Å²) in [4.78, 5) is 12.2. The van der Waals surface area contributed by atoms with Crippen molar-refractivity contribution in [2.24, 2.45) is 11.1 Å². The minimum Gasteiger partial charge on any atom is -0.455 e. The lowest BCUT2D eigenvalue weighted by molar-refractivity contribution is -0.163. The third kappa shape index (κ3) is 6.80. The number of carbonyl (C=O) groups is 1. The van der Waals surface area contributed by atoms with Crippen LogP contribution in [0.3, 0.4) is 0 Å². The van der Waals surface area contributed by atoms with Crippen molar-refractivity contribution in [2.75, 3.05) is 6.54 Å². The predicted molar refractivity (Wildman–Crippen MR) is 76.3 cm³/mol. The van der Waals surface area contributed by atoms with Gasteiger partial charge < -0.3 is 10.5 Å². The molecule has 0 radical (unpaired) electrons. The average molecular weight is 255 g/mol. The molecule has 0 saturated carbocycles. The van der Waals surface area contributed by atoms with Crippen molar-refractivity contribution >= 4 is 5.97 Å². The first kappa shape index (κ1) is 17.2. The second kappa shape index (κ2) is 7.57. The van der Waals surface area contributed by atoms with Crippen molar-refractivity contribution in [3.8, 4) is 0 Å². The summed E-state index contributed by atoms with van der Waals surface area (Å²) in [5.41, 5.74) is 4.50. The fourth-order valence-corrected chi connectivity index (χ4v) is 1.63. The van der Waals surface area contributed by atoms with Gasteiger partial charge in [-0.15, -0.1) is 0 Å². The van der Waals surface area contributed by atoms with Crippen LogP contribution in [0.1, 0.15) is 60.3 Å². The molecule has 0 fully saturated rings. The molecule has 0 bridgehead atoms. The Morgan fingerprint density at radius 1 is 1.22 bits per heavy atom. The molecule has 3 nitrogen and oxygen atoms in total. The largest absolute Gasteiger partial charge is 0.455 e. The number of esters is 1. The minimum absolute atomic E-state index is 0.134. The van der Waals surface area contributed by atoms with Gasteiger partial charge in [0, 0.05) is 0 Å². The van der Waals surface area contributed by atoms with Gasteiger partial charge in [-0.2, -0.15) is 0 Å². The van der Waals surface area contributed by atoms with Gasteiger partial charge in [0.2, 0.25) is 0 Å². The van der Waals surface area contributed by atoms with Crippen molar-refractivity contribution < 1.29 is 9.53 Å². The molecule has 3 heteroatoms. The Bertz CT molecular complexity index is 280. The highest BCUT2D eigenvalue weighted by atomic mass is 16.6. The lowest BCUT2D eigenvalue weighted by Gasteiger charge is -2.29. The van der Waals surface area contributed by atoms with Gasteiger partial charge >= 0.3 is 5.97 Å². The van der Waals surface area contributed by atoms with E-state index in [1.54, 1.807) is 0 Å². The summed E-state index contributed by atoms with van der Waals surface area (Å²) < 4.78 is 5.58. The highest BCUT2D eigenvalue weighted by Gasteiger charge is 2.32. The molecule has 0 saturated heterocycles. The van der Waals surface area contributed by atoms with Crippen LogP contribution in [0.15, 0.2) is 12.2 Å². The Morgan fingerprint density at radius 2 is 1.83 bits per heavy atom. The monoisotopic (exact) mass is 255 g/mol. The first-order valence-corrected chi connectivity index (χ1v) is 6.86. The second-order valence-electron chi connectivity index (χ2n) is 5.93. The molecule has 0 aromatic heterocycles. The summed E-state index contributed by atoms with van der Waals surface area (Å²) in [5, 5.41) is 0.